The Balaban J connectivity index is 1.68. The lowest BCUT2D eigenvalue weighted by Gasteiger charge is -2.12. The fourth-order valence-electron chi connectivity index (χ4n) is 1.91. The fraction of sp³-hybridized carbons (Fsp3) is 0.333. The summed E-state index contributed by atoms with van der Waals surface area (Å²) in [4.78, 5) is 0. The smallest absolute Gasteiger partial charge is 0.105 e. The maximum atomic E-state index is 5.33. The minimum atomic E-state index is 0.449. The normalized spacial score (nSPS) is 12.5. The summed E-state index contributed by atoms with van der Waals surface area (Å²) >= 11 is 0. The molecule has 1 N–H and O–H groups in total. The van der Waals surface area contributed by atoms with Crippen LogP contribution >= 0.6 is 0 Å². The highest BCUT2D eigenvalue weighted by Gasteiger charge is 2.04. The summed E-state index contributed by atoms with van der Waals surface area (Å²) in [6.07, 6.45) is 3.75. The van der Waals surface area contributed by atoms with E-state index in [9.17, 15) is 0 Å². The summed E-state index contributed by atoms with van der Waals surface area (Å²) in [5.74, 6) is 1.05. The summed E-state index contributed by atoms with van der Waals surface area (Å²) in [5.41, 5.74) is 1.38. The molecule has 2 heteroatoms. The van der Waals surface area contributed by atoms with E-state index in [1.165, 1.54) is 5.56 Å². The standard InChI is InChI=1S/C15H19NO/c1-13(12-15-8-5-11-17-15)16-10-9-14-6-3-2-4-7-14/h2-8,11,13,16H,9-10,12H2,1H3. The van der Waals surface area contributed by atoms with Gasteiger partial charge in [0.25, 0.3) is 0 Å². The maximum absolute atomic E-state index is 5.33. The van der Waals surface area contributed by atoms with Gasteiger partial charge in [-0.25, -0.2) is 0 Å². The number of hydrogen-bond acceptors (Lipinski definition) is 2. The van der Waals surface area contributed by atoms with Crippen molar-refractivity contribution in [2.75, 3.05) is 6.54 Å². The average Bonchev–Trinajstić information content (AvgIpc) is 2.83. The van der Waals surface area contributed by atoms with E-state index >= 15 is 0 Å². The number of hydrogen-bond donors (Lipinski definition) is 1. The fourth-order valence-corrected chi connectivity index (χ4v) is 1.91. The van der Waals surface area contributed by atoms with Crippen LogP contribution < -0.4 is 5.32 Å². The van der Waals surface area contributed by atoms with Crippen molar-refractivity contribution in [3.63, 3.8) is 0 Å². The van der Waals surface area contributed by atoms with Crippen LogP contribution in [0.3, 0.4) is 0 Å². The van der Waals surface area contributed by atoms with Crippen molar-refractivity contribution in [1.29, 1.82) is 0 Å². The quantitative estimate of drug-likeness (QED) is 0.823. The highest BCUT2D eigenvalue weighted by Crippen LogP contribution is 2.04. The molecule has 0 aliphatic rings. The number of benzene rings is 1. The van der Waals surface area contributed by atoms with E-state index in [0.717, 1.165) is 25.1 Å². The Bertz CT molecular complexity index is 408. The second-order valence-corrected chi connectivity index (χ2v) is 4.37. The van der Waals surface area contributed by atoms with Crippen LogP contribution in [-0.2, 0) is 12.8 Å². The molecule has 1 atom stereocenters. The summed E-state index contributed by atoms with van der Waals surface area (Å²) in [6, 6.07) is 15.0. The lowest BCUT2D eigenvalue weighted by atomic mass is 10.1. The van der Waals surface area contributed by atoms with E-state index in [1.807, 2.05) is 12.1 Å². The monoisotopic (exact) mass is 229 g/mol. The highest BCUT2D eigenvalue weighted by molar-refractivity contribution is 5.14. The Hall–Kier alpha value is -1.54. The van der Waals surface area contributed by atoms with Gasteiger partial charge in [-0.15, -0.1) is 0 Å². The van der Waals surface area contributed by atoms with Gasteiger partial charge < -0.3 is 9.73 Å². The maximum Gasteiger partial charge on any atom is 0.105 e. The molecule has 0 bridgehead atoms. The molecule has 0 radical (unpaired) electrons. The third-order valence-electron chi connectivity index (χ3n) is 2.84. The largest absolute Gasteiger partial charge is 0.469 e. The van der Waals surface area contributed by atoms with E-state index in [-0.39, 0.29) is 0 Å². The minimum Gasteiger partial charge on any atom is -0.469 e. The Morgan fingerprint density at radius 1 is 1.12 bits per heavy atom. The minimum absolute atomic E-state index is 0.449. The topological polar surface area (TPSA) is 25.2 Å². The lowest BCUT2D eigenvalue weighted by molar-refractivity contribution is 0.458. The molecule has 0 aliphatic heterocycles. The van der Waals surface area contributed by atoms with Crippen molar-refractivity contribution >= 4 is 0 Å². The molecule has 2 aromatic rings. The lowest BCUT2D eigenvalue weighted by Crippen LogP contribution is -2.29. The third-order valence-corrected chi connectivity index (χ3v) is 2.84. The Kier molecular flexibility index (Phi) is 4.39. The third kappa shape index (κ3) is 4.08. The molecule has 2 nitrogen and oxygen atoms in total. The van der Waals surface area contributed by atoms with Gasteiger partial charge in [0.15, 0.2) is 0 Å². The van der Waals surface area contributed by atoms with E-state index in [0.29, 0.717) is 6.04 Å². The van der Waals surface area contributed by atoms with Crippen molar-refractivity contribution in [1.82, 2.24) is 5.32 Å². The molecule has 1 aromatic heterocycles. The van der Waals surface area contributed by atoms with Crippen LogP contribution in [0.15, 0.2) is 53.1 Å². The summed E-state index contributed by atoms with van der Waals surface area (Å²) in [7, 11) is 0. The summed E-state index contributed by atoms with van der Waals surface area (Å²) in [6.45, 7) is 3.19. The van der Waals surface area contributed by atoms with Crippen LogP contribution in [0.25, 0.3) is 0 Å². The van der Waals surface area contributed by atoms with Crippen LogP contribution in [0.4, 0.5) is 0 Å². The van der Waals surface area contributed by atoms with Gasteiger partial charge in [-0.3, -0.25) is 0 Å². The predicted molar refractivity (Wildman–Crippen MR) is 70.0 cm³/mol. The Morgan fingerprint density at radius 3 is 2.65 bits per heavy atom. The van der Waals surface area contributed by atoms with Crippen LogP contribution in [0.2, 0.25) is 0 Å². The van der Waals surface area contributed by atoms with Crippen LogP contribution in [0.5, 0.6) is 0 Å². The highest BCUT2D eigenvalue weighted by atomic mass is 16.3. The zero-order valence-electron chi connectivity index (χ0n) is 10.2. The van der Waals surface area contributed by atoms with Gasteiger partial charge in [0.1, 0.15) is 5.76 Å². The first kappa shape index (κ1) is 11.9. The van der Waals surface area contributed by atoms with Gasteiger partial charge in [-0.2, -0.15) is 0 Å². The zero-order chi connectivity index (χ0) is 11.9. The van der Waals surface area contributed by atoms with Crippen LogP contribution in [-0.4, -0.2) is 12.6 Å². The van der Waals surface area contributed by atoms with Crippen molar-refractivity contribution in [3.8, 4) is 0 Å². The average molecular weight is 229 g/mol. The first-order valence-corrected chi connectivity index (χ1v) is 6.14. The van der Waals surface area contributed by atoms with Gasteiger partial charge >= 0.3 is 0 Å². The second kappa shape index (κ2) is 6.26. The molecule has 90 valence electrons. The molecule has 2 rings (SSSR count). The van der Waals surface area contributed by atoms with E-state index in [2.05, 4.69) is 42.6 Å². The van der Waals surface area contributed by atoms with Crippen LogP contribution in [0.1, 0.15) is 18.2 Å². The molecule has 17 heavy (non-hydrogen) atoms. The summed E-state index contributed by atoms with van der Waals surface area (Å²) in [5, 5.41) is 3.51. The predicted octanol–water partition coefficient (Wildman–Crippen LogP) is 3.04. The van der Waals surface area contributed by atoms with Crippen molar-refractivity contribution in [2.45, 2.75) is 25.8 Å². The molecule has 1 aromatic carbocycles. The van der Waals surface area contributed by atoms with Gasteiger partial charge in [0.05, 0.1) is 6.26 Å². The molecule has 0 amide bonds. The molecule has 0 spiro atoms. The molecular formula is C15H19NO. The second-order valence-electron chi connectivity index (χ2n) is 4.37. The zero-order valence-corrected chi connectivity index (χ0v) is 10.2. The van der Waals surface area contributed by atoms with Gasteiger partial charge in [-0.1, -0.05) is 30.3 Å². The number of rotatable bonds is 6. The number of nitrogens with one attached hydrogen (secondary N) is 1. The molecule has 1 heterocycles. The van der Waals surface area contributed by atoms with Gasteiger partial charge in [0, 0.05) is 12.5 Å². The Labute approximate surface area is 103 Å². The SMILES string of the molecule is CC(Cc1ccco1)NCCc1ccccc1. The molecule has 1 unspecified atom stereocenters. The van der Waals surface area contributed by atoms with Crippen LogP contribution in [0, 0.1) is 0 Å². The van der Waals surface area contributed by atoms with E-state index in [1.54, 1.807) is 6.26 Å². The molecule has 0 aliphatic carbocycles. The summed E-state index contributed by atoms with van der Waals surface area (Å²) < 4.78 is 5.33. The van der Waals surface area contributed by atoms with E-state index in [4.69, 9.17) is 4.42 Å². The first-order valence-electron chi connectivity index (χ1n) is 6.14. The first-order chi connectivity index (χ1) is 8.34. The molecular weight excluding hydrogens is 210 g/mol. The van der Waals surface area contributed by atoms with Gasteiger partial charge in [-0.05, 0) is 37.6 Å². The molecule has 0 saturated heterocycles. The molecule has 0 fully saturated rings. The van der Waals surface area contributed by atoms with Crippen molar-refractivity contribution in [2.24, 2.45) is 0 Å². The van der Waals surface area contributed by atoms with Gasteiger partial charge in [0.2, 0.25) is 0 Å². The van der Waals surface area contributed by atoms with Crippen molar-refractivity contribution in [3.05, 3.63) is 60.1 Å². The van der Waals surface area contributed by atoms with E-state index < -0.39 is 0 Å². The number of furan rings is 1. The van der Waals surface area contributed by atoms with Crippen molar-refractivity contribution < 1.29 is 4.42 Å². The Morgan fingerprint density at radius 2 is 1.94 bits per heavy atom. The molecule has 0 saturated carbocycles.